The second-order valence-corrected chi connectivity index (χ2v) is 7.56. The minimum Gasteiger partial charge on any atom is -0.320 e. The Labute approximate surface area is 171 Å². The van der Waals surface area contributed by atoms with Crippen LogP contribution in [0.1, 0.15) is 59.3 Å². The Kier molecular flexibility index (Phi) is 7.30. The van der Waals surface area contributed by atoms with Crippen molar-refractivity contribution in [1.29, 1.82) is 0 Å². The summed E-state index contributed by atoms with van der Waals surface area (Å²) in [6.45, 7) is 3.01. The number of ketones is 1. The first kappa shape index (κ1) is 20.9. The van der Waals surface area contributed by atoms with E-state index in [9.17, 15) is 9.59 Å². The van der Waals surface area contributed by atoms with Crippen LogP contribution in [0.4, 0.5) is 0 Å². The molecular formula is C24H29N3O2. The van der Waals surface area contributed by atoms with E-state index in [0.717, 1.165) is 60.0 Å². The van der Waals surface area contributed by atoms with Crippen LogP contribution in [0.5, 0.6) is 0 Å². The van der Waals surface area contributed by atoms with Crippen molar-refractivity contribution in [1.82, 2.24) is 15.5 Å². The molecule has 2 N–H and O–H groups in total. The van der Waals surface area contributed by atoms with Gasteiger partial charge < -0.3 is 5.32 Å². The number of aryl methyl sites for hydroxylation is 1. The second-order valence-electron chi connectivity index (χ2n) is 7.56. The molecule has 0 bridgehead atoms. The minimum atomic E-state index is -0.182. The number of hydrogen-bond donors (Lipinski definition) is 2. The number of nitrogens with zero attached hydrogens (tertiary/aromatic N) is 1. The van der Waals surface area contributed by atoms with Crippen LogP contribution in [0.3, 0.4) is 0 Å². The van der Waals surface area contributed by atoms with Crippen molar-refractivity contribution in [2.45, 2.75) is 45.4 Å². The maximum atomic E-state index is 12.7. The highest BCUT2D eigenvalue weighted by Crippen LogP contribution is 2.20. The Morgan fingerprint density at radius 1 is 1.03 bits per heavy atom. The molecule has 1 aromatic heterocycles. The zero-order valence-corrected chi connectivity index (χ0v) is 17.3. The molecule has 0 atom stereocenters. The lowest BCUT2D eigenvalue weighted by atomic mass is 9.95. The van der Waals surface area contributed by atoms with E-state index in [-0.39, 0.29) is 11.3 Å². The molecule has 0 saturated carbocycles. The molecule has 29 heavy (non-hydrogen) atoms. The van der Waals surface area contributed by atoms with Crippen molar-refractivity contribution in [3.63, 3.8) is 0 Å². The molecule has 5 nitrogen and oxygen atoms in total. The van der Waals surface area contributed by atoms with Gasteiger partial charge in [-0.25, -0.2) is 5.10 Å². The third kappa shape index (κ3) is 5.39. The van der Waals surface area contributed by atoms with E-state index in [1.165, 1.54) is 0 Å². The lowest BCUT2D eigenvalue weighted by Crippen LogP contribution is -2.11. The van der Waals surface area contributed by atoms with Crippen LogP contribution < -0.4 is 10.9 Å². The first-order valence-electron chi connectivity index (χ1n) is 10.3. The van der Waals surface area contributed by atoms with Crippen molar-refractivity contribution in [2.24, 2.45) is 0 Å². The average molecular weight is 392 g/mol. The van der Waals surface area contributed by atoms with E-state index >= 15 is 0 Å². The molecule has 0 saturated heterocycles. The zero-order chi connectivity index (χ0) is 20.6. The fraction of sp³-hybridized carbons (Fsp3) is 0.375. The van der Waals surface area contributed by atoms with Gasteiger partial charge in [0.15, 0.2) is 5.78 Å². The predicted octanol–water partition coefficient (Wildman–Crippen LogP) is 4.17. The summed E-state index contributed by atoms with van der Waals surface area (Å²) in [5.41, 5.74) is 3.46. The molecule has 2 aromatic carbocycles. The van der Waals surface area contributed by atoms with Gasteiger partial charge in [0, 0.05) is 23.8 Å². The summed E-state index contributed by atoms with van der Waals surface area (Å²) in [4.78, 5) is 24.7. The number of unbranched alkanes of at least 4 members (excludes halogenated alkanes) is 3. The van der Waals surface area contributed by atoms with Crippen molar-refractivity contribution in [2.75, 3.05) is 13.6 Å². The van der Waals surface area contributed by atoms with Crippen LogP contribution in [0, 0.1) is 6.92 Å². The number of benzene rings is 2. The summed E-state index contributed by atoms with van der Waals surface area (Å²) in [6, 6.07) is 13.5. The monoisotopic (exact) mass is 391 g/mol. The number of Topliss-reactive ketones (excluding diaryl/α,β-unsaturated/α-hetero) is 1. The van der Waals surface area contributed by atoms with Gasteiger partial charge in [0.2, 0.25) is 0 Å². The lowest BCUT2D eigenvalue weighted by Gasteiger charge is -2.10. The minimum absolute atomic E-state index is 0.182. The molecule has 0 aliphatic carbocycles. The Balaban J connectivity index is 1.72. The average Bonchev–Trinajstić information content (AvgIpc) is 2.74. The normalized spacial score (nSPS) is 11.1. The van der Waals surface area contributed by atoms with E-state index in [0.29, 0.717) is 18.2 Å². The molecular weight excluding hydrogens is 362 g/mol. The topological polar surface area (TPSA) is 74.8 Å². The van der Waals surface area contributed by atoms with Crippen LogP contribution in [0.2, 0.25) is 0 Å². The SMILES string of the molecule is CNCCCCCCC(=O)c1cc(Cc2n[nH]c(=O)c3ccccc23)ccc1C. The molecule has 0 unspecified atom stereocenters. The molecule has 0 aliphatic heterocycles. The Morgan fingerprint density at radius 2 is 1.79 bits per heavy atom. The summed E-state index contributed by atoms with van der Waals surface area (Å²) < 4.78 is 0. The molecule has 152 valence electrons. The fourth-order valence-electron chi connectivity index (χ4n) is 3.65. The number of rotatable bonds is 10. The van der Waals surface area contributed by atoms with Gasteiger partial charge in [0.1, 0.15) is 0 Å². The molecule has 3 aromatic rings. The van der Waals surface area contributed by atoms with Gasteiger partial charge in [0.25, 0.3) is 5.56 Å². The first-order chi connectivity index (χ1) is 14.1. The number of fused-ring (bicyclic) bond motifs is 1. The summed E-state index contributed by atoms with van der Waals surface area (Å²) in [6.07, 6.45) is 5.47. The van der Waals surface area contributed by atoms with Gasteiger partial charge in [-0.1, -0.05) is 43.2 Å². The zero-order valence-electron chi connectivity index (χ0n) is 17.3. The lowest BCUT2D eigenvalue weighted by molar-refractivity contribution is 0.0978. The highest BCUT2D eigenvalue weighted by Gasteiger charge is 2.12. The van der Waals surface area contributed by atoms with Crippen molar-refractivity contribution >= 4 is 16.6 Å². The number of carbonyl (C=O) groups is 1. The number of H-pyrrole nitrogens is 1. The van der Waals surface area contributed by atoms with E-state index in [1.807, 2.05) is 50.4 Å². The quantitative estimate of drug-likeness (QED) is 0.402. The Bertz CT molecular complexity index is 1040. The number of hydrogen-bond acceptors (Lipinski definition) is 4. The van der Waals surface area contributed by atoms with Crippen molar-refractivity contribution < 1.29 is 4.79 Å². The number of nitrogens with one attached hydrogen (secondary N) is 2. The fourth-order valence-corrected chi connectivity index (χ4v) is 3.65. The van der Waals surface area contributed by atoms with Gasteiger partial charge in [-0.3, -0.25) is 9.59 Å². The standard InChI is InChI=1S/C24H29N3O2/c1-17-12-13-18(15-21(17)23(28)11-5-3-4-8-14-25-2)16-22-19-9-6-7-10-20(19)24(29)27-26-22/h6-7,9-10,12-13,15,25H,3-5,8,11,14,16H2,1-2H3,(H,27,29). The highest BCUT2D eigenvalue weighted by atomic mass is 16.1. The number of aromatic amines is 1. The molecule has 1 heterocycles. The van der Waals surface area contributed by atoms with E-state index in [1.54, 1.807) is 6.07 Å². The van der Waals surface area contributed by atoms with Gasteiger partial charge in [-0.15, -0.1) is 0 Å². The molecule has 5 heteroatoms. The summed E-state index contributed by atoms with van der Waals surface area (Å²) in [5.74, 6) is 0.206. The maximum absolute atomic E-state index is 12.7. The second kappa shape index (κ2) is 10.1. The highest BCUT2D eigenvalue weighted by molar-refractivity contribution is 5.97. The van der Waals surface area contributed by atoms with E-state index in [4.69, 9.17) is 0 Å². The Morgan fingerprint density at radius 3 is 2.59 bits per heavy atom. The maximum Gasteiger partial charge on any atom is 0.272 e. The van der Waals surface area contributed by atoms with Gasteiger partial charge in [0.05, 0.1) is 11.1 Å². The number of aromatic nitrogens is 2. The number of carbonyl (C=O) groups excluding carboxylic acids is 1. The smallest absolute Gasteiger partial charge is 0.272 e. The van der Waals surface area contributed by atoms with E-state index < -0.39 is 0 Å². The van der Waals surface area contributed by atoms with Crippen molar-refractivity contribution in [3.8, 4) is 0 Å². The van der Waals surface area contributed by atoms with Crippen molar-refractivity contribution in [3.05, 3.63) is 75.2 Å². The summed E-state index contributed by atoms with van der Waals surface area (Å²) in [7, 11) is 1.96. The first-order valence-corrected chi connectivity index (χ1v) is 10.3. The Hall–Kier alpha value is -2.79. The summed E-state index contributed by atoms with van der Waals surface area (Å²) >= 11 is 0. The molecule has 0 radical (unpaired) electrons. The molecule has 0 spiro atoms. The molecule has 0 aliphatic rings. The van der Waals surface area contributed by atoms with Gasteiger partial charge in [-0.05, 0) is 56.6 Å². The van der Waals surface area contributed by atoms with Crippen LogP contribution >= 0.6 is 0 Å². The third-order valence-electron chi connectivity index (χ3n) is 5.33. The predicted molar refractivity (Wildman–Crippen MR) is 118 cm³/mol. The van der Waals surface area contributed by atoms with E-state index in [2.05, 4.69) is 15.5 Å². The molecule has 0 fully saturated rings. The van der Waals surface area contributed by atoms with Crippen LogP contribution in [0.25, 0.3) is 10.8 Å². The van der Waals surface area contributed by atoms with Crippen LogP contribution in [-0.4, -0.2) is 29.6 Å². The molecule has 3 rings (SSSR count). The van der Waals surface area contributed by atoms with Gasteiger partial charge in [-0.2, -0.15) is 5.10 Å². The van der Waals surface area contributed by atoms with Crippen LogP contribution in [-0.2, 0) is 6.42 Å². The largest absolute Gasteiger partial charge is 0.320 e. The molecule has 0 amide bonds. The van der Waals surface area contributed by atoms with Crippen LogP contribution in [0.15, 0.2) is 47.3 Å². The summed E-state index contributed by atoms with van der Waals surface area (Å²) in [5, 5.41) is 11.5. The third-order valence-corrected chi connectivity index (χ3v) is 5.33. The van der Waals surface area contributed by atoms with Gasteiger partial charge >= 0.3 is 0 Å².